The predicted octanol–water partition coefficient (Wildman–Crippen LogP) is 3.28. The Hall–Kier alpha value is -1.21. The van der Waals surface area contributed by atoms with Crippen molar-refractivity contribution in [1.29, 1.82) is 0 Å². The number of benzene rings is 1. The van der Waals surface area contributed by atoms with Crippen molar-refractivity contribution in [3.63, 3.8) is 0 Å². The highest BCUT2D eigenvalue weighted by atomic mass is 32.2. The average Bonchev–Trinajstić information content (AvgIpc) is 3.21. The SMILES string of the molecule is O=C(CNCC1CC1)Nc1ccccc1SCC(F)(F)F. The molecule has 116 valence electrons. The Labute approximate surface area is 125 Å². The van der Waals surface area contributed by atoms with Crippen molar-refractivity contribution in [2.24, 2.45) is 5.92 Å². The molecule has 0 radical (unpaired) electrons. The van der Waals surface area contributed by atoms with Gasteiger partial charge in [-0.15, -0.1) is 11.8 Å². The molecule has 0 spiro atoms. The number of amides is 1. The van der Waals surface area contributed by atoms with Crippen LogP contribution in [0.15, 0.2) is 29.2 Å². The van der Waals surface area contributed by atoms with Gasteiger partial charge in [-0.2, -0.15) is 13.2 Å². The van der Waals surface area contributed by atoms with Crippen molar-refractivity contribution in [3.05, 3.63) is 24.3 Å². The summed E-state index contributed by atoms with van der Waals surface area (Å²) in [4.78, 5) is 12.2. The third-order valence-corrected chi connectivity index (χ3v) is 4.11. The van der Waals surface area contributed by atoms with Crippen molar-refractivity contribution < 1.29 is 18.0 Å². The smallest absolute Gasteiger partial charge is 0.324 e. The van der Waals surface area contributed by atoms with Crippen LogP contribution in [0.4, 0.5) is 18.9 Å². The van der Waals surface area contributed by atoms with Crippen LogP contribution in [0.3, 0.4) is 0 Å². The van der Waals surface area contributed by atoms with E-state index in [9.17, 15) is 18.0 Å². The molecule has 0 unspecified atom stereocenters. The molecular weight excluding hydrogens is 301 g/mol. The van der Waals surface area contributed by atoms with Crippen LogP contribution in [0, 0.1) is 5.92 Å². The number of carbonyl (C=O) groups excluding carboxylic acids is 1. The van der Waals surface area contributed by atoms with E-state index in [0.717, 1.165) is 6.54 Å². The number of carbonyl (C=O) groups is 1. The molecule has 0 aromatic heterocycles. The molecule has 21 heavy (non-hydrogen) atoms. The second-order valence-electron chi connectivity index (χ2n) is 5.02. The van der Waals surface area contributed by atoms with Crippen LogP contribution in [0.2, 0.25) is 0 Å². The van der Waals surface area contributed by atoms with Crippen LogP contribution < -0.4 is 10.6 Å². The molecule has 0 heterocycles. The maximum Gasteiger partial charge on any atom is 0.398 e. The highest BCUT2D eigenvalue weighted by Gasteiger charge is 2.27. The topological polar surface area (TPSA) is 41.1 Å². The zero-order chi connectivity index (χ0) is 15.3. The van der Waals surface area contributed by atoms with E-state index in [1.165, 1.54) is 12.8 Å². The molecule has 3 nitrogen and oxygen atoms in total. The standard InChI is InChI=1S/C14H17F3N2OS/c15-14(16,17)9-21-12-4-2-1-3-11(12)19-13(20)8-18-7-10-5-6-10/h1-4,10,18H,5-9H2,(H,19,20). The number of para-hydroxylation sites is 1. The van der Waals surface area contributed by atoms with Gasteiger partial charge in [0.1, 0.15) is 0 Å². The lowest BCUT2D eigenvalue weighted by molar-refractivity contribution is -0.115. The molecule has 1 amide bonds. The van der Waals surface area contributed by atoms with Gasteiger partial charge < -0.3 is 10.6 Å². The number of rotatable bonds is 7. The zero-order valence-electron chi connectivity index (χ0n) is 11.4. The highest BCUT2D eigenvalue weighted by molar-refractivity contribution is 7.99. The summed E-state index contributed by atoms with van der Waals surface area (Å²) in [6.07, 6.45) is -1.83. The Balaban J connectivity index is 1.84. The fraction of sp³-hybridized carbons (Fsp3) is 0.500. The van der Waals surface area contributed by atoms with E-state index in [-0.39, 0.29) is 12.5 Å². The predicted molar refractivity (Wildman–Crippen MR) is 77.4 cm³/mol. The summed E-state index contributed by atoms with van der Waals surface area (Å²) in [6.45, 7) is 0.993. The Morgan fingerprint density at radius 1 is 1.29 bits per heavy atom. The molecule has 0 saturated heterocycles. The Bertz CT molecular complexity index is 489. The van der Waals surface area contributed by atoms with Gasteiger partial charge in [-0.1, -0.05) is 12.1 Å². The summed E-state index contributed by atoms with van der Waals surface area (Å²) in [6, 6.07) is 6.52. The van der Waals surface area contributed by atoms with Crippen molar-refractivity contribution >= 4 is 23.4 Å². The van der Waals surface area contributed by atoms with Gasteiger partial charge in [0.05, 0.1) is 18.0 Å². The van der Waals surface area contributed by atoms with Crippen LogP contribution >= 0.6 is 11.8 Å². The quantitative estimate of drug-likeness (QED) is 0.758. The minimum atomic E-state index is -4.23. The van der Waals surface area contributed by atoms with Gasteiger partial charge in [0, 0.05) is 4.90 Å². The van der Waals surface area contributed by atoms with Crippen LogP contribution in [0.5, 0.6) is 0 Å². The number of alkyl halides is 3. The molecule has 2 rings (SSSR count). The van der Waals surface area contributed by atoms with Crippen LogP contribution in [0.1, 0.15) is 12.8 Å². The first-order chi connectivity index (χ1) is 9.94. The zero-order valence-corrected chi connectivity index (χ0v) is 12.2. The molecule has 2 N–H and O–H groups in total. The van der Waals surface area contributed by atoms with Crippen molar-refractivity contribution in [1.82, 2.24) is 5.32 Å². The van der Waals surface area contributed by atoms with Gasteiger partial charge in [0.2, 0.25) is 5.91 Å². The number of nitrogens with one attached hydrogen (secondary N) is 2. The van der Waals surface area contributed by atoms with Crippen molar-refractivity contribution in [2.75, 3.05) is 24.2 Å². The second-order valence-corrected chi connectivity index (χ2v) is 6.04. The second kappa shape index (κ2) is 7.17. The number of hydrogen-bond donors (Lipinski definition) is 2. The van der Waals surface area contributed by atoms with E-state index in [1.54, 1.807) is 24.3 Å². The average molecular weight is 318 g/mol. The molecule has 0 aliphatic heterocycles. The van der Waals surface area contributed by atoms with Gasteiger partial charge in [-0.3, -0.25) is 4.79 Å². The first-order valence-electron chi connectivity index (χ1n) is 6.73. The minimum absolute atomic E-state index is 0.175. The summed E-state index contributed by atoms with van der Waals surface area (Å²) >= 11 is 0.675. The van der Waals surface area contributed by atoms with E-state index in [0.29, 0.717) is 28.3 Å². The van der Waals surface area contributed by atoms with Crippen LogP contribution in [-0.4, -0.2) is 30.9 Å². The summed E-state index contributed by atoms with van der Waals surface area (Å²) < 4.78 is 36.8. The molecule has 0 bridgehead atoms. The number of hydrogen-bond acceptors (Lipinski definition) is 3. The largest absolute Gasteiger partial charge is 0.398 e. The molecule has 1 aromatic rings. The van der Waals surface area contributed by atoms with Crippen LogP contribution in [-0.2, 0) is 4.79 Å². The van der Waals surface area contributed by atoms with Gasteiger partial charge in [-0.25, -0.2) is 0 Å². The summed E-state index contributed by atoms with van der Waals surface area (Å²) in [5, 5.41) is 5.70. The lowest BCUT2D eigenvalue weighted by Gasteiger charge is -2.12. The highest BCUT2D eigenvalue weighted by Crippen LogP contribution is 2.32. The molecule has 0 atom stereocenters. The summed E-state index contributed by atoms with van der Waals surface area (Å²) in [7, 11) is 0. The molecule has 1 saturated carbocycles. The summed E-state index contributed by atoms with van der Waals surface area (Å²) in [5.41, 5.74) is 0.421. The van der Waals surface area contributed by atoms with Gasteiger partial charge >= 0.3 is 6.18 Å². The fourth-order valence-electron chi connectivity index (χ4n) is 1.76. The lowest BCUT2D eigenvalue weighted by Crippen LogP contribution is -2.29. The van der Waals surface area contributed by atoms with Gasteiger partial charge in [0.25, 0.3) is 0 Å². The fourth-order valence-corrected chi connectivity index (χ4v) is 2.53. The van der Waals surface area contributed by atoms with E-state index in [2.05, 4.69) is 10.6 Å². The van der Waals surface area contributed by atoms with E-state index >= 15 is 0 Å². The Kier molecular flexibility index (Phi) is 5.52. The first-order valence-corrected chi connectivity index (χ1v) is 7.72. The molecule has 7 heteroatoms. The normalized spacial score (nSPS) is 15.0. The molecule has 1 fully saturated rings. The molecular formula is C14H17F3N2OS. The third kappa shape index (κ3) is 6.39. The van der Waals surface area contributed by atoms with Gasteiger partial charge in [0.15, 0.2) is 0 Å². The maximum absolute atomic E-state index is 12.3. The molecule has 1 aromatic carbocycles. The Morgan fingerprint density at radius 3 is 2.67 bits per heavy atom. The number of anilines is 1. The molecule has 1 aliphatic carbocycles. The van der Waals surface area contributed by atoms with Gasteiger partial charge in [-0.05, 0) is 37.4 Å². The minimum Gasteiger partial charge on any atom is -0.324 e. The maximum atomic E-state index is 12.3. The lowest BCUT2D eigenvalue weighted by atomic mass is 10.3. The first kappa shape index (κ1) is 16.2. The number of halogens is 3. The molecule has 1 aliphatic rings. The van der Waals surface area contributed by atoms with Crippen LogP contribution in [0.25, 0.3) is 0 Å². The monoisotopic (exact) mass is 318 g/mol. The van der Waals surface area contributed by atoms with E-state index < -0.39 is 11.9 Å². The Morgan fingerprint density at radius 2 is 2.00 bits per heavy atom. The van der Waals surface area contributed by atoms with Crippen molar-refractivity contribution in [3.8, 4) is 0 Å². The van der Waals surface area contributed by atoms with E-state index in [1.807, 2.05) is 0 Å². The summed E-state index contributed by atoms with van der Waals surface area (Å²) in [5.74, 6) is -0.539. The third-order valence-electron chi connectivity index (χ3n) is 2.97. The van der Waals surface area contributed by atoms with Crippen molar-refractivity contribution in [2.45, 2.75) is 23.9 Å². The number of thioether (sulfide) groups is 1. The van der Waals surface area contributed by atoms with E-state index in [4.69, 9.17) is 0 Å².